The molecule has 0 bridgehead atoms. The minimum Gasteiger partial charge on any atom is -0.295 e. The lowest BCUT2D eigenvalue weighted by Crippen LogP contribution is -2.54. The zero-order valence-electron chi connectivity index (χ0n) is 15.8. The number of carbonyl (C=O) groups excluding carboxylic acids is 4. The summed E-state index contributed by atoms with van der Waals surface area (Å²) >= 11 is 0. The lowest BCUT2D eigenvalue weighted by molar-refractivity contribution is -0.136. The average molecular weight is 370 g/mol. The van der Waals surface area contributed by atoms with Gasteiger partial charge in [0.05, 0.1) is 11.1 Å². The Morgan fingerprint density at radius 2 is 1.67 bits per heavy atom. The molecule has 6 nitrogen and oxygen atoms in total. The molecule has 1 N–H and O–H groups in total. The lowest BCUT2D eigenvalue weighted by Gasteiger charge is -2.27. The van der Waals surface area contributed by atoms with Gasteiger partial charge in [0, 0.05) is 6.42 Å². The van der Waals surface area contributed by atoms with Gasteiger partial charge >= 0.3 is 0 Å². The third kappa shape index (κ3) is 4.10. The number of benzene rings is 1. The van der Waals surface area contributed by atoms with E-state index < -0.39 is 23.8 Å². The highest BCUT2D eigenvalue weighted by Gasteiger charge is 2.44. The Hall–Kier alpha value is -2.50. The van der Waals surface area contributed by atoms with Crippen LogP contribution < -0.4 is 5.32 Å². The molecule has 1 fully saturated rings. The number of amides is 4. The highest BCUT2D eigenvalue weighted by atomic mass is 16.2. The Labute approximate surface area is 159 Å². The Balaban J connectivity index is 1.66. The molecule has 6 heteroatoms. The van der Waals surface area contributed by atoms with E-state index in [2.05, 4.69) is 12.2 Å². The van der Waals surface area contributed by atoms with Crippen LogP contribution in [0, 0.1) is 0 Å². The van der Waals surface area contributed by atoms with Gasteiger partial charge in [-0.25, -0.2) is 0 Å². The van der Waals surface area contributed by atoms with Crippen molar-refractivity contribution in [2.75, 3.05) is 0 Å². The van der Waals surface area contributed by atoms with Crippen LogP contribution in [0.4, 0.5) is 0 Å². The first-order chi connectivity index (χ1) is 13.0. The monoisotopic (exact) mass is 370 g/mol. The number of fused-ring (bicyclic) bond motifs is 1. The standard InChI is InChI=1S/C21H26N2O4/c1-2-3-4-5-6-7-8-14-9-10-15-16(13-14)21(27)23(20(15)26)17-11-12-18(24)22-19(17)25/h9-10,13,17H,2-8,11-12H2,1H3,(H,22,24,25). The summed E-state index contributed by atoms with van der Waals surface area (Å²) < 4.78 is 0. The minimum atomic E-state index is -0.905. The van der Waals surface area contributed by atoms with Crippen molar-refractivity contribution in [2.24, 2.45) is 0 Å². The predicted octanol–water partition coefficient (Wildman–Crippen LogP) is 2.99. The molecular formula is C21H26N2O4. The van der Waals surface area contributed by atoms with E-state index in [1.54, 1.807) is 12.1 Å². The van der Waals surface area contributed by atoms with Gasteiger partial charge in [0.2, 0.25) is 11.8 Å². The molecule has 2 heterocycles. The number of piperidine rings is 1. The first-order valence-corrected chi connectivity index (χ1v) is 9.87. The van der Waals surface area contributed by atoms with Gasteiger partial charge in [-0.05, 0) is 37.0 Å². The smallest absolute Gasteiger partial charge is 0.262 e. The number of nitrogens with zero attached hydrogens (tertiary/aromatic N) is 1. The fraction of sp³-hybridized carbons (Fsp3) is 0.524. The third-order valence-corrected chi connectivity index (χ3v) is 5.32. The van der Waals surface area contributed by atoms with E-state index in [0.29, 0.717) is 11.1 Å². The highest BCUT2D eigenvalue weighted by Crippen LogP contribution is 2.28. The fourth-order valence-corrected chi connectivity index (χ4v) is 3.78. The number of hydrogen-bond donors (Lipinski definition) is 1. The fourth-order valence-electron chi connectivity index (χ4n) is 3.78. The van der Waals surface area contributed by atoms with Crippen LogP contribution in [-0.2, 0) is 16.0 Å². The SMILES string of the molecule is CCCCCCCCc1ccc2c(c1)C(=O)N(C1CCC(=O)NC1=O)C2=O. The van der Waals surface area contributed by atoms with Crippen LogP contribution in [0.1, 0.15) is 84.6 Å². The predicted molar refractivity (Wildman–Crippen MR) is 100 cm³/mol. The molecule has 1 unspecified atom stereocenters. The number of hydrogen-bond acceptors (Lipinski definition) is 4. The molecule has 144 valence electrons. The number of unbranched alkanes of at least 4 members (excludes halogenated alkanes) is 5. The van der Waals surface area contributed by atoms with Crippen LogP contribution in [0.3, 0.4) is 0 Å². The van der Waals surface area contributed by atoms with Gasteiger partial charge in [-0.3, -0.25) is 29.4 Å². The van der Waals surface area contributed by atoms with Gasteiger partial charge in [-0.15, -0.1) is 0 Å². The summed E-state index contributed by atoms with van der Waals surface area (Å²) in [5.74, 6) is -1.83. The summed E-state index contributed by atoms with van der Waals surface area (Å²) in [5.41, 5.74) is 1.75. The van der Waals surface area contributed by atoms with E-state index in [-0.39, 0.29) is 18.7 Å². The van der Waals surface area contributed by atoms with Crippen LogP contribution in [0.5, 0.6) is 0 Å². The van der Waals surface area contributed by atoms with Gasteiger partial charge < -0.3 is 0 Å². The summed E-state index contributed by atoms with van der Waals surface area (Å²) in [4.78, 5) is 49.8. The van der Waals surface area contributed by atoms with Gasteiger partial charge in [-0.1, -0.05) is 45.1 Å². The largest absolute Gasteiger partial charge is 0.295 e. The number of carbonyl (C=O) groups is 4. The summed E-state index contributed by atoms with van der Waals surface area (Å²) in [6.45, 7) is 2.20. The van der Waals surface area contributed by atoms with Crippen molar-refractivity contribution in [3.05, 3.63) is 34.9 Å². The second-order valence-electron chi connectivity index (χ2n) is 7.34. The van der Waals surface area contributed by atoms with Crippen molar-refractivity contribution in [1.29, 1.82) is 0 Å². The van der Waals surface area contributed by atoms with Crippen molar-refractivity contribution >= 4 is 23.6 Å². The van der Waals surface area contributed by atoms with Crippen LogP contribution in [-0.4, -0.2) is 34.6 Å². The maximum Gasteiger partial charge on any atom is 0.262 e. The first-order valence-electron chi connectivity index (χ1n) is 9.87. The summed E-state index contributed by atoms with van der Waals surface area (Å²) in [7, 11) is 0. The number of imide groups is 2. The van der Waals surface area contributed by atoms with E-state index in [4.69, 9.17) is 0 Å². The Morgan fingerprint density at radius 3 is 2.41 bits per heavy atom. The number of nitrogens with one attached hydrogen (secondary N) is 1. The molecule has 0 aliphatic carbocycles. The molecule has 1 aromatic rings. The van der Waals surface area contributed by atoms with Crippen molar-refractivity contribution in [1.82, 2.24) is 10.2 Å². The molecule has 4 amide bonds. The molecule has 0 spiro atoms. The molecule has 27 heavy (non-hydrogen) atoms. The zero-order chi connectivity index (χ0) is 19.4. The molecule has 2 aliphatic rings. The van der Waals surface area contributed by atoms with Gasteiger partial charge in [0.15, 0.2) is 0 Å². The summed E-state index contributed by atoms with van der Waals surface area (Å²) in [6, 6.07) is 4.46. The highest BCUT2D eigenvalue weighted by molar-refractivity contribution is 6.23. The van der Waals surface area contributed by atoms with Crippen LogP contribution in [0.2, 0.25) is 0 Å². The van der Waals surface area contributed by atoms with Crippen molar-refractivity contribution in [3.63, 3.8) is 0 Å². The molecule has 3 rings (SSSR count). The number of rotatable bonds is 8. The first kappa shape index (κ1) is 19.3. The Kier molecular flexibility index (Phi) is 6.04. The molecule has 0 radical (unpaired) electrons. The second kappa shape index (κ2) is 8.46. The van der Waals surface area contributed by atoms with E-state index in [1.807, 2.05) is 6.07 Å². The quantitative estimate of drug-likeness (QED) is 0.563. The molecular weight excluding hydrogens is 344 g/mol. The van der Waals surface area contributed by atoms with Crippen LogP contribution >= 0.6 is 0 Å². The van der Waals surface area contributed by atoms with Crippen molar-refractivity contribution < 1.29 is 19.2 Å². The third-order valence-electron chi connectivity index (χ3n) is 5.32. The molecule has 0 aromatic heterocycles. The minimum absolute atomic E-state index is 0.132. The maximum absolute atomic E-state index is 12.8. The Bertz CT molecular complexity index is 771. The maximum atomic E-state index is 12.8. The van der Waals surface area contributed by atoms with E-state index in [9.17, 15) is 19.2 Å². The summed E-state index contributed by atoms with van der Waals surface area (Å²) in [6.07, 6.45) is 8.38. The van der Waals surface area contributed by atoms with Crippen LogP contribution in [0.25, 0.3) is 0 Å². The van der Waals surface area contributed by atoms with Crippen molar-refractivity contribution in [2.45, 2.75) is 70.8 Å². The Morgan fingerprint density at radius 1 is 0.963 bits per heavy atom. The number of aryl methyl sites for hydroxylation is 1. The molecule has 1 atom stereocenters. The molecule has 1 aromatic carbocycles. The van der Waals surface area contributed by atoms with Crippen molar-refractivity contribution in [3.8, 4) is 0 Å². The molecule has 2 aliphatic heterocycles. The van der Waals surface area contributed by atoms with Gasteiger partial charge in [0.25, 0.3) is 11.8 Å². The van der Waals surface area contributed by atoms with Gasteiger partial charge in [0.1, 0.15) is 6.04 Å². The topological polar surface area (TPSA) is 83.6 Å². The summed E-state index contributed by atoms with van der Waals surface area (Å²) in [5, 5.41) is 2.21. The average Bonchev–Trinajstić information content (AvgIpc) is 2.89. The molecule has 0 saturated carbocycles. The second-order valence-corrected chi connectivity index (χ2v) is 7.34. The molecule has 1 saturated heterocycles. The lowest BCUT2D eigenvalue weighted by atomic mass is 10.0. The van der Waals surface area contributed by atoms with E-state index in [1.165, 1.54) is 25.7 Å². The van der Waals surface area contributed by atoms with Gasteiger partial charge in [-0.2, -0.15) is 0 Å². The zero-order valence-corrected chi connectivity index (χ0v) is 15.8. The van der Waals surface area contributed by atoms with Crippen LogP contribution in [0.15, 0.2) is 18.2 Å². The van der Waals surface area contributed by atoms with E-state index >= 15 is 0 Å². The van der Waals surface area contributed by atoms with E-state index in [0.717, 1.165) is 29.7 Å². The normalized spacial score (nSPS) is 19.4.